The van der Waals surface area contributed by atoms with Crippen molar-refractivity contribution in [1.29, 1.82) is 0 Å². The summed E-state index contributed by atoms with van der Waals surface area (Å²) in [7, 11) is -5.49. The average molecular weight is 462 g/mol. The standard InChI is InChI=1S/C17H19NO8S3/c1-5-28(21,22)12-8-6-11(7-9-12)18-29(23,24)17-13(15(19)25-3)10(2)14(27-17)16(20)26-4/h6-9,18H,5H2,1-4H3. The molecule has 2 aromatic rings. The quantitative estimate of drug-likeness (QED) is 0.621. The Kier molecular flexibility index (Phi) is 6.71. The van der Waals surface area contributed by atoms with Crippen molar-refractivity contribution in [3.8, 4) is 0 Å². The van der Waals surface area contributed by atoms with Crippen molar-refractivity contribution in [3.05, 3.63) is 40.3 Å². The van der Waals surface area contributed by atoms with E-state index in [1.807, 2.05) is 0 Å². The first-order valence-electron chi connectivity index (χ1n) is 8.14. The van der Waals surface area contributed by atoms with Crippen LogP contribution in [-0.4, -0.2) is 48.7 Å². The molecule has 1 aromatic heterocycles. The molecular formula is C17H19NO8S3. The van der Waals surface area contributed by atoms with E-state index in [9.17, 15) is 26.4 Å². The Morgan fingerprint density at radius 1 is 1.00 bits per heavy atom. The highest BCUT2D eigenvalue weighted by atomic mass is 32.2. The van der Waals surface area contributed by atoms with Gasteiger partial charge in [-0.25, -0.2) is 26.4 Å². The highest BCUT2D eigenvalue weighted by Gasteiger charge is 2.32. The minimum absolute atomic E-state index is 0.0438. The first-order chi connectivity index (χ1) is 13.5. The van der Waals surface area contributed by atoms with E-state index in [-0.39, 0.29) is 32.3 Å². The summed E-state index contributed by atoms with van der Waals surface area (Å²) in [5, 5.41) is 0. The molecule has 0 radical (unpaired) electrons. The van der Waals surface area contributed by atoms with E-state index in [1.165, 1.54) is 38.1 Å². The molecule has 9 nitrogen and oxygen atoms in total. The molecular weight excluding hydrogens is 442 g/mol. The number of nitrogens with one attached hydrogen (secondary N) is 1. The number of hydrogen-bond acceptors (Lipinski definition) is 9. The van der Waals surface area contributed by atoms with Crippen molar-refractivity contribution in [1.82, 2.24) is 0 Å². The van der Waals surface area contributed by atoms with Gasteiger partial charge in [-0.05, 0) is 36.8 Å². The molecule has 12 heteroatoms. The molecule has 29 heavy (non-hydrogen) atoms. The second-order valence-electron chi connectivity index (χ2n) is 5.74. The lowest BCUT2D eigenvalue weighted by atomic mass is 10.2. The van der Waals surface area contributed by atoms with Gasteiger partial charge in [-0.15, -0.1) is 11.3 Å². The van der Waals surface area contributed by atoms with E-state index in [0.29, 0.717) is 11.3 Å². The molecule has 158 valence electrons. The molecule has 0 saturated heterocycles. The van der Waals surface area contributed by atoms with E-state index in [4.69, 9.17) is 0 Å². The third-order valence-corrected chi connectivity index (χ3v) is 8.89. The van der Waals surface area contributed by atoms with Gasteiger partial charge in [0, 0.05) is 5.69 Å². The summed E-state index contributed by atoms with van der Waals surface area (Å²) >= 11 is 0.578. The highest BCUT2D eigenvalue weighted by molar-refractivity contribution is 7.94. The SMILES string of the molecule is CCS(=O)(=O)c1ccc(NS(=O)(=O)c2sc(C(=O)OC)c(C)c2C(=O)OC)cc1. The smallest absolute Gasteiger partial charge is 0.348 e. The van der Waals surface area contributed by atoms with Crippen molar-refractivity contribution in [2.75, 3.05) is 24.7 Å². The van der Waals surface area contributed by atoms with Gasteiger partial charge in [0.1, 0.15) is 4.88 Å². The van der Waals surface area contributed by atoms with Gasteiger partial charge >= 0.3 is 11.9 Å². The number of ether oxygens (including phenoxy) is 2. The van der Waals surface area contributed by atoms with E-state index in [2.05, 4.69) is 14.2 Å². The average Bonchev–Trinajstić information content (AvgIpc) is 3.05. The summed E-state index contributed by atoms with van der Waals surface area (Å²) in [6.45, 7) is 2.91. The van der Waals surface area contributed by atoms with Gasteiger partial charge in [0.15, 0.2) is 14.0 Å². The maximum absolute atomic E-state index is 12.9. The van der Waals surface area contributed by atoms with Crippen LogP contribution in [0, 0.1) is 6.92 Å². The maximum Gasteiger partial charge on any atom is 0.348 e. The van der Waals surface area contributed by atoms with Gasteiger partial charge < -0.3 is 9.47 Å². The van der Waals surface area contributed by atoms with Crippen LogP contribution in [0.3, 0.4) is 0 Å². The molecule has 0 saturated carbocycles. The molecule has 0 amide bonds. The summed E-state index contributed by atoms with van der Waals surface area (Å²) in [4.78, 5) is 24.1. The van der Waals surface area contributed by atoms with E-state index >= 15 is 0 Å². The summed E-state index contributed by atoms with van der Waals surface area (Å²) in [6.07, 6.45) is 0. The molecule has 1 heterocycles. The van der Waals surface area contributed by atoms with Crippen LogP contribution in [0.5, 0.6) is 0 Å². The number of carbonyl (C=O) groups excluding carboxylic acids is 2. The van der Waals surface area contributed by atoms with Crippen LogP contribution in [-0.2, 0) is 29.3 Å². The number of sulfone groups is 1. The first kappa shape index (κ1) is 22.8. The predicted molar refractivity (Wildman–Crippen MR) is 107 cm³/mol. The Labute approximate surface area is 172 Å². The van der Waals surface area contributed by atoms with Gasteiger partial charge in [0.2, 0.25) is 0 Å². The van der Waals surface area contributed by atoms with E-state index in [0.717, 1.165) is 14.2 Å². The van der Waals surface area contributed by atoms with Gasteiger partial charge in [0.05, 0.1) is 30.4 Å². The summed E-state index contributed by atoms with van der Waals surface area (Å²) in [5.74, 6) is -1.79. The Balaban J connectivity index is 2.50. The minimum atomic E-state index is -4.29. The largest absolute Gasteiger partial charge is 0.465 e. The summed E-state index contributed by atoms with van der Waals surface area (Å²) < 4.78 is 60.7. The van der Waals surface area contributed by atoms with Crippen molar-refractivity contribution in [2.45, 2.75) is 23.0 Å². The van der Waals surface area contributed by atoms with Crippen LogP contribution < -0.4 is 4.72 Å². The number of thiophene rings is 1. The molecule has 0 fully saturated rings. The number of sulfonamides is 1. The second kappa shape index (κ2) is 8.51. The maximum atomic E-state index is 12.9. The minimum Gasteiger partial charge on any atom is -0.465 e. The molecule has 0 aliphatic carbocycles. The number of hydrogen-bond donors (Lipinski definition) is 1. The normalized spacial score (nSPS) is 11.7. The van der Waals surface area contributed by atoms with Gasteiger partial charge in [-0.2, -0.15) is 0 Å². The molecule has 1 N–H and O–H groups in total. The van der Waals surface area contributed by atoms with Crippen LogP contribution >= 0.6 is 11.3 Å². The molecule has 0 atom stereocenters. The Hall–Kier alpha value is -2.44. The lowest BCUT2D eigenvalue weighted by molar-refractivity contribution is 0.0596. The number of rotatable bonds is 7. The zero-order chi connectivity index (χ0) is 22.0. The Bertz CT molecular complexity index is 1150. The fraction of sp³-hybridized carbons (Fsp3) is 0.294. The molecule has 0 unspecified atom stereocenters. The van der Waals surface area contributed by atoms with Crippen LogP contribution in [0.25, 0.3) is 0 Å². The Morgan fingerprint density at radius 3 is 2.03 bits per heavy atom. The lowest BCUT2D eigenvalue weighted by Crippen LogP contribution is -2.16. The van der Waals surface area contributed by atoms with Crippen molar-refractivity contribution in [3.63, 3.8) is 0 Å². The number of carbonyl (C=O) groups is 2. The molecule has 0 spiro atoms. The van der Waals surface area contributed by atoms with Crippen molar-refractivity contribution in [2.24, 2.45) is 0 Å². The van der Waals surface area contributed by atoms with Gasteiger partial charge in [-0.1, -0.05) is 6.92 Å². The van der Waals surface area contributed by atoms with Crippen molar-refractivity contribution < 1.29 is 35.9 Å². The summed E-state index contributed by atoms with van der Waals surface area (Å²) in [5.41, 5.74) is -0.0596. The van der Waals surface area contributed by atoms with Crippen molar-refractivity contribution >= 4 is 48.8 Å². The zero-order valence-electron chi connectivity index (χ0n) is 16.0. The second-order valence-corrected chi connectivity index (χ2v) is 10.9. The zero-order valence-corrected chi connectivity index (χ0v) is 18.5. The number of methoxy groups -OCH3 is 2. The lowest BCUT2D eigenvalue weighted by Gasteiger charge is -2.09. The molecule has 2 rings (SSSR count). The number of benzene rings is 1. The topological polar surface area (TPSA) is 133 Å². The monoisotopic (exact) mass is 461 g/mol. The predicted octanol–water partition coefficient (Wildman–Crippen LogP) is 2.22. The van der Waals surface area contributed by atoms with Crippen LogP contribution in [0.4, 0.5) is 5.69 Å². The number of anilines is 1. The highest BCUT2D eigenvalue weighted by Crippen LogP contribution is 2.34. The Morgan fingerprint density at radius 2 is 1.55 bits per heavy atom. The fourth-order valence-electron chi connectivity index (χ4n) is 2.40. The van der Waals surface area contributed by atoms with Gasteiger partial charge in [-0.3, -0.25) is 4.72 Å². The van der Waals surface area contributed by atoms with E-state index < -0.39 is 36.0 Å². The van der Waals surface area contributed by atoms with Crippen LogP contribution in [0.1, 0.15) is 32.5 Å². The van der Waals surface area contributed by atoms with Crippen LogP contribution in [0.2, 0.25) is 0 Å². The number of esters is 2. The first-order valence-corrected chi connectivity index (χ1v) is 12.1. The van der Waals surface area contributed by atoms with Gasteiger partial charge in [0.25, 0.3) is 10.0 Å². The summed E-state index contributed by atoms with van der Waals surface area (Å²) in [6, 6.07) is 5.13. The molecule has 1 aromatic carbocycles. The molecule has 0 bridgehead atoms. The van der Waals surface area contributed by atoms with Crippen LogP contribution in [0.15, 0.2) is 33.4 Å². The molecule has 0 aliphatic heterocycles. The van der Waals surface area contributed by atoms with E-state index in [1.54, 1.807) is 0 Å². The molecule has 0 aliphatic rings. The third-order valence-electron chi connectivity index (χ3n) is 3.96. The third kappa shape index (κ3) is 4.60. The fourth-order valence-corrected chi connectivity index (χ4v) is 6.09.